The Morgan fingerprint density at radius 3 is 2.79 bits per heavy atom. The van der Waals surface area contributed by atoms with Crippen molar-refractivity contribution >= 4 is 11.6 Å². The van der Waals surface area contributed by atoms with Crippen molar-refractivity contribution in [3.63, 3.8) is 0 Å². The largest absolute Gasteiger partial charge is 0.368 e. The highest BCUT2D eigenvalue weighted by Crippen LogP contribution is 2.26. The number of nitrogens with zero attached hydrogens (tertiary/aromatic N) is 3. The van der Waals surface area contributed by atoms with E-state index in [0.29, 0.717) is 18.2 Å². The number of aromatic nitrogens is 4. The van der Waals surface area contributed by atoms with Crippen molar-refractivity contribution in [3.8, 4) is 0 Å². The second kappa shape index (κ2) is 8.01. The summed E-state index contributed by atoms with van der Waals surface area (Å²) in [6.45, 7) is 2.31. The number of benzene rings is 1. The first-order chi connectivity index (χ1) is 11.7. The molecule has 1 fully saturated rings. The summed E-state index contributed by atoms with van der Waals surface area (Å²) >= 11 is 0. The van der Waals surface area contributed by atoms with E-state index in [9.17, 15) is 4.79 Å². The number of hydrogen-bond donors (Lipinski definition) is 2. The van der Waals surface area contributed by atoms with Crippen molar-refractivity contribution in [1.82, 2.24) is 20.6 Å². The first-order valence-electron chi connectivity index (χ1n) is 8.43. The standard InChI is InChI=1S/C17H23N5O2/c1-12-4-2-3-5-15(12)24-11-17(23)18-14-8-6-13(7-9-14)10-16-19-21-22-20-16/h6-9,12,15H,2-5,10-11H2,1H3,(H,18,23)(H,19,20,21,22)/t12-,15-/m1/s1. The van der Waals surface area contributed by atoms with Crippen LogP contribution in [0.2, 0.25) is 0 Å². The molecule has 1 amide bonds. The van der Waals surface area contributed by atoms with Gasteiger partial charge in [-0.15, -0.1) is 10.2 Å². The number of H-pyrrole nitrogens is 1. The summed E-state index contributed by atoms with van der Waals surface area (Å²) < 4.78 is 5.78. The Morgan fingerprint density at radius 2 is 2.08 bits per heavy atom. The van der Waals surface area contributed by atoms with E-state index in [0.717, 1.165) is 17.7 Å². The van der Waals surface area contributed by atoms with Gasteiger partial charge in [0.05, 0.1) is 6.10 Å². The summed E-state index contributed by atoms with van der Waals surface area (Å²) in [6, 6.07) is 7.62. The SMILES string of the molecule is C[C@@H]1CCCC[C@H]1OCC(=O)Nc1ccc(Cc2nn[nH]n2)cc1. The van der Waals surface area contributed by atoms with Crippen molar-refractivity contribution in [1.29, 1.82) is 0 Å². The quantitative estimate of drug-likeness (QED) is 0.848. The Kier molecular flexibility index (Phi) is 5.53. The fourth-order valence-corrected chi connectivity index (χ4v) is 3.06. The van der Waals surface area contributed by atoms with Crippen LogP contribution < -0.4 is 5.32 Å². The van der Waals surface area contributed by atoms with E-state index in [2.05, 4.69) is 32.9 Å². The highest BCUT2D eigenvalue weighted by molar-refractivity contribution is 5.91. The van der Waals surface area contributed by atoms with Gasteiger partial charge in [0.15, 0.2) is 5.82 Å². The lowest BCUT2D eigenvalue weighted by Gasteiger charge is -2.28. The third-order valence-electron chi connectivity index (χ3n) is 4.45. The molecule has 1 aromatic carbocycles. The summed E-state index contributed by atoms with van der Waals surface area (Å²) in [6.07, 6.45) is 5.52. The molecule has 0 saturated heterocycles. The lowest BCUT2D eigenvalue weighted by Crippen LogP contribution is -2.29. The van der Waals surface area contributed by atoms with Gasteiger partial charge in [-0.2, -0.15) is 5.21 Å². The number of hydrogen-bond acceptors (Lipinski definition) is 5. The molecule has 7 heteroatoms. The molecule has 1 aliphatic rings. The summed E-state index contributed by atoms with van der Waals surface area (Å²) in [4.78, 5) is 12.0. The normalized spacial score (nSPS) is 20.7. The van der Waals surface area contributed by atoms with Crippen LogP contribution in [0, 0.1) is 5.92 Å². The topological polar surface area (TPSA) is 92.8 Å². The monoisotopic (exact) mass is 329 g/mol. The van der Waals surface area contributed by atoms with Crippen LogP contribution in [0.4, 0.5) is 5.69 Å². The maximum Gasteiger partial charge on any atom is 0.250 e. The lowest BCUT2D eigenvalue weighted by molar-refractivity contribution is -0.124. The van der Waals surface area contributed by atoms with Crippen LogP contribution in [0.25, 0.3) is 0 Å². The van der Waals surface area contributed by atoms with Gasteiger partial charge < -0.3 is 10.1 Å². The van der Waals surface area contributed by atoms with Gasteiger partial charge in [-0.3, -0.25) is 4.79 Å². The Hall–Kier alpha value is -2.28. The summed E-state index contributed by atoms with van der Waals surface area (Å²) in [5.74, 6) is 1.07. The van der Waals surface area contributed by atoms with E-state index in [1.165, 1.54) is 19.3 Å². The predicted molar refractivity (Wildman–Crippen MR) is 89.4 cm³/mol. The Labute approximate surface area is 141 Å². The molecule has 128 valence electrons. The molecule has 24 heavy (non-hydrogen) atoms. The molecule has 7 nitrogen and oxygen atoms in total. The summed E-state index contributed by atoms with van der Waals surface area (Å²) in [7, 11) is 0. The van der Waals surface area contributed by atoms with E-state index >= 15 is 0 Å². The van der Waals surface area contributed by atoms with Crippen molar-refractivity contribution < 1.29 is 9.53 Å². The molecule has 1 saturated carbocycles. The highest BCUT2D eigenvalue weighted by atomic mass is 16.5. The van der Waals surface area contributed by atoms with Gasteiger partial charge in [-0.05, 0) is 36.5 Å². The number of aromatic amines is 1. The Bertz CT molecular complexity index is 642. The van der Waals surface area contributed by atoms with E-state index in [-0.39, 0.29) is 18.6 Å². The van der Waals surface area contributed by atoms with Crippen molar-refractivity contribution in [2.75, 3.05) is 11.9 Å². The maximum absolute atomic E-state index is 12.0. The third-order valence-corrected chi connectivity index (χ3v) is 4.45. The molecule has 2 aromatic rings. The number of nitrogens with one attached hydrogen (secondary N) is 2. The van der Waals surface area contributed by atoms with Crippen molar-refractivity contribution in [3.05, 3.63) is 35.7 Å². The van der Waals surface area contributed by atoms with Gasteiger partial charge in [0.2, 0.25) is 5.91 Å². The fourth-order valence-electron chi connectivity index (χ4n) is 3.06. The molecule has 1 aliphatic carbocycles. The number of carbonyl (C=O) groups excluding carboxylic acids is 1. The van der Waals surface area contributed by atoms with E-state index < -0.39 is 0 Å². The van der Waals surface area contributed by atoms with Gasteiger partial charge in [-0.25, -0.2) is 0 Å². The summed E-state index contributed by atoms with van der Waals surface area (Å²) in [5, 5.41) is 16.7. The van der Waals surface area contributed by atoms with Crippen LogP contribution >= 0.6 is 0 Å². The van der Waals surface area contributed by atoms with Crippen LogP contribution in [0.5, 0.6) is 0 Å². The van der Waals surface area contributed by atoms with Crippen LogP contribution in [-0.2, 0) is 16.0 Å². The van der Waals surface area contributed by atoms with Gasteiger partial charge in [0, 0.05) is 12.1 Å². The van der Waals surface area contributed by atoms with Crippen LogP contribution in [0.3, 0.4) is 0 Å². The molecule has 0 aliphatic heterocycles. The molecule has 3 rings (SSSR count). The lowest BCUT2D eigenvalue weighted by atomic mass is 9.88. The van der Waals surface area contributed by atoms with Gasteiger partial charge in [0.1, 0.15) is 6.61 Å². The van der Waals surface area contributed by atoms with E-state index in [1.807, 2.05) is 24.3 Å². The zero-order valence-electron chi connectivity index (χ0n) is 13.9. The van der Waals surface area contributed by atoms with E-state index in [4.69, 9.17) is 4.74 Å². The smallest absolute Gasteiger partial charge is 0.250 e. The van der Waals surface area contributed by atoms with Crippen LogP contribution in [-0.4, -0.2) is 39.2 Å². The molecule has 0 unspecified atom stereocenters. The van der Waals surface area contributed by atoms with Gasteiger partial charge in [0.25, 0.3) is 0 Å². The molecular formula is C17H23N5O2. The number of amides is 1. The number of anilines is 1. The highest BCUT2D eigenvalue weighted by Gasteiger charge is 2.22. The molecule has 0 bridgehead atoms. The van der Waals surface area contributed by atoms with Gasteiger partial charge >= 0.3 is 0 Å². The minimum absolute atomic E-state index is 0.111. The molecule has 0 spiro atoms. The Balaban J connectivity index is 1.45. The first-order valence-corrected chi connectivity index (χ1v) is 8.43. The number of rotatable bonds is 6. The molecular weight excluding hydrogens is 306 g/mol. The minimum atomic E-state index is -0.112. The first kappa shape index (κ1) is 16.6. The molecule has 1 aromatic heterocycles. The molecule has 2 N–H and O–H groups in total. The zero-order chi connectivity index (χ0) is 16.8. The third kappa shape index (κ3) is 4.61. The molecule has 0 radical (unpaired) electrons. The zero-order valence-corrected chi connectivity index (χ0v) is 13.9. The molecule has 1 heterocycles. The number of tetrazole rings is 1. The second-order valence-corrected chi connectivity index (χ2v) is 6.36. The van der Waals surface area contributed by atoms with Crippen molar-refractivity contribution in [2.24, 2.45) is 5.92 Å². The molecule has 2 atom stereocenters. The average molecular weight is 329 g/mol. The maximum atomic E-state index is 12.0. The fraction of sp³-hybridized carbons (Fsp3) is 0.529. The average Bonchev–Trinajstić information content (AvgIpc) is 3.09. The number of ether oxygens (including phenoxy) is 1. The number of carbonyl (C=O) groups is 1. The van der Waals surface area contributed by atoms with Gasteiger partial charge in [-0.1, -0.05) is 37.1 Å². The second-order valence-electron chi connectivity index (χ2n) is 6.36. The van der Waals surface area contributed by atoms with E-state index in [1.54, 1.807) is 0 Å². The minimum Gasteiger partial charge on any atom is -0.368 e. The van der Waals surface area contributed by atoms with Crippen LogP contribution in [0.1, 0.15) is 44.0 Å². The predicted octanol–water partition coefficient (Wildman–Crippen LogP) is 2.32. The summed E-state index contributed by atoms with van der Waals surface area (Å²) in [5.41, 5.74) is 1.82. The Morgan fingerprint density at radius 1 is 1.29 bits per heavy atom. The van der Waals surface area contributed by atoms with Crippen LogP contribution in [0.15, 0.2) is 24.3 Å². The van der Waals surface area contributed by atoms with Crippen molar-refractivity contribution in [2.45, 2.75) is 45.1 Å².